The maximum atomic E-state index is 12.0. The van der Waals surface area contributed by atoms with Crippen LogP contribution in [-0.4, -0.2) is 24.5 Å². The minimum Gasteiger partial charge on any atom is -0.354 e. The fraction of sp³-hybridized carbons (Fsp3) is 0.588. The smallest absolute Gasteiger partial charge is 0.224 e. The normalized spacial score (nSPS) is 22.6. The van der Waals surface area contributed by atoms with Crippen LogP contribution in [0.4, 0.5) is 0 Å². The van der Waals surface area contributed by atoms with Gasteiger partial charge in [0.15, 0.2) is 0 Å². The summed E-state index contributed by atoms with van der Waals surface area (Å²) in [4.78, 5) is 12.0. The number of benzene rings is 1. The molecular weight excluding hydrogens is 248 g/mol. The van der Waals surface area contributed by atoms with E-state index in [0.29, 0.717) is 18.5 Å². The Labute approximate surface area is 122 Å². The average molecular weight is 274 g/mol. The van der Waals surface area contributed by atoms with Gasteiger partial charge in [-0.05, 0) is 50.3 Å². The lowest BCUT2D eigenvalue weighted by Crippen LogP contribution is -2.47. The van der Waals surface area contributed by atoms with Crippen molar-refractivity contribution in [2.75, 3.05) is 6.54 Å². The molecule has 1 heterocycles. The highest BCUT2D eigenvalue weighted by Gasteiger charge is 2.18. The Morgan fingerprint density at radius 1 is 1.30 bits per heavy atom. The monoisotopic (exact) mass is 274 g/mol. The minimum absolute atomic E-state index is 0.119. The fourth-order valence-electron chi connectivity index (χ4n) is 2.80. The zero-order chi connectivity index (χ0) is 14.5. The average Bonchev–Trinajstić information content (AvgIpc) is 2.41. The summed E-state index contributed by atoms with van der Waals surface area (Å²) >= 11 is 0. The van der Waals surface area contributed by atoms with Gasteiger partial charge in [-0.15, -0.1) is 0 Å². The van der Waals surface area contributed by atoms with Crippen LogP contribution in [0, 0.1) is 13.8 Å². The van der Waals surface area contributed by atoms with Crippen molar-refractivity contribution in [2.45, 2.75) is 58.5 Å². The molecule has 0 spiro atoms. The molecule has 1 aliphatic rings. The van der Waals surface area contributed by atoms with Crippen LogP contribution in [-0.2, 0) is 11.2 Å². The van der Waals surface area contributed by atoms with Gasteiger partial charge in [0.1, 0.15) is 0 Å². The molecule has 1 aliphatic heterocycles. The maximum absolute atomic E-state index is 12.0. The van der Waals surface area contributed by atoms with Crippen molar-refractivity contribution in [1.82, 2.24) is 10.6 Å². The molecule has 1 aromatic rings. The Hall–Kier alpha value is -1.35. The Morgan fingerprint density at radius 2 is 2.10 bits per heavy atom. The van der Waals surface area contributed by atoms with E-state index in [9.17, 15) is 4.79 Å². The van der Waals surface area contributed by atoms with Gasteiger partial charge in [0.05, 0.1) is 6.42 Å². The van der Waals surface area contributed by atoms with Crippen LogP contribution in [0.2, 0.25) is 0 Å². The fourth-order valence-corrected chi connectivity index (χ4v) is 2.80. The predicted molar refractivity (Wildman–Crippen MR) is 82.9 cm³/mol. The van der Waals surface area contributed by atoms with Crippen molar-refractivity contribution in [2.24, 2.45) is 0 Å². The van der Waals surface area contributed by atoms with Crippen molar-refractivity contribution in [3.8, 4) is 0 Å². The summed E-state index contributed by atoms with van der Waals surface area (Å²) in [7, 11) is 0. The third kappa shape index (κ3) is 4.34. The number of aryl methyl sites for hydroxylation is 2. The number of piperidine rings is 1. The molecule has 0 aromatic heterocycles. The second kappa shape index (κ2) is 6.89. The SMILES string of the molecule is Cc1ccc(CC(=O)NCC2CCCC(C)N2)cc1C. The zero-order valence-corrected chi connectivity index (χ0v) is 12.8. The number of carbonyl (C=O) groups excluding carboxylic acids is 1. The Balaban J connectivity index is 1.78. The third-order valence-electron chi connectivity index (χ3n) is 4.19. The second-order valence-corrected chi connectivity index (χ2v) is 6.10. The molecule has 20 heavy (non-hydrogen) atoms. The van der Waals surface area contributed by atoms with Crippen molar-refractivity contribution in [3.05, 3.63) is 34.9 Å². The van der Waals surface area contributed by atoms with Crippen LogP contribution < -0.4 is 10.6 Å². The highest BCUT2D eigenvalue weighted by Crippen LogP contribution is 2.12. The quantitative estimate of drug-likeness (QED) is 0.885. The number of hydrogen-bond donors (Lipinski definition) is 2. The van der Waals surface area contributed by atoms with Gasteiger partial charge in [-0.25, -0.2) is 0 Å². The molecule has 1 saturated heterocycles. The van der Waals surface area contributed by atoms with E-state index in [2.05, 4.69) is 43.5 Å². The van der Waals surface area contributed by atoms with Crippen LogP contribution in [0.5, 0.6) is 0 Å². The van der Waals surface area contributed by atoms with Crippen molar-refractivity contribution in [3.63, 3.8) is 0 Å². The lowest BCUT2D eigenvalue weighted by Gasteiger charge is -2.28. The first-order valence-corrected chi connectivity index (χ1v) is 7.63. The van der Waals surface area contributed by atoms with E-state index in [4.69, 9.17) is 0 Å². The van der Waals surface area contributed by atoms with Gasteiger partial charge in [0.25, 0.3) is 0 Å². The lowest BCUT2D eigenvalue weighted by atomic mass is 9.99. The first kappa shape index (κ1) is 15.0. The van der Waals surface area contributed by atoms with Gasteiger partial charge in [-0.1, -0.05) is 24.6 Å². The highest BCUT2D eigenvalue weighted by molar-refractivity contribution is 5.78. The van der Waals surface area contributed by atoms with Gasteiger partial charge in [-0.3, -0.25) is 4.79 Å². The lowest BCUT2D eigenvalue weighted by molar-refractivity contribution is -0.120. The number of rotatable bonds is 4. The van der Waals surface area contributed by atoms with Crippen molar-refractivity contribution >= 4 is 5.91 Å². The summed E-state index contributed by atoms with van der Waals surface area (Å²) in [5.41, 5.74) is 3.61. The zero-order valence-electron chi connectivity index (χ0n) is 12.8. The molecule has 1 aromatic carbocycles. The molecule has 2 rings (SSSR count). The third-order valence-corrected chi connectivity index (χ3v) is 4.19. The van der Waals surface area contributed by atoms with E-state index in [1.54, 1.807) is 0 Å². The molecule has 1 amide bonds. The number of nitrogens with one attached hydrogen (secondary N) is 2. The molecule has 2 N–H and O–H groups in total. The highest BCUT2D eigenvalue weighted by atomic mass is 16.1. The maximum Gasteiger partial charge on any atom is 0.224 e. The second-order valence-electron chi connectivity index (χ2n) is 6.10. The summed E-state index contributed by atoms with van der Waals surface area (Å²) in [6, 6.07) is 7.24. The van der Waals surface area contributed by atoms with E-state index in [1.807, 2.05) is 6.07 Å². The molecule has 0 radical (unpaired) electrons. The topological polar surface area (TPSA) is 41.1 Å². The van der Waals surface area contributed by atoms with E-state index >= 15 is 0 Å². The van der Waals surface area contributed by atoms with E-state index in [1.165, 1.54) is 24.0 Å². The standard InChI is InChI=1S/C17H26N2O/c1-12-7-8-15(9-13(12)2)10-17(20)18-11-16-6-4-5-14(3)19-16/h7-9,14,16,19H,4-6,10-11H2,1-3H3,(H,18,20). The first-order chi connectivity index (χ1) is 9.54. The van der Waals surface area contributed by atoms with Gasteiger partial charge >= 0.3 is 0 Å². The Bertz CT molecular complexity index is 470. The summed E-state index contributed by atoms with van der Waals surface area (Å²) in [6.45, 7) is 7.14. The predicted octanol–water partition coefficient (Wildman–Crippen LogP) is 2.49. The molecule has 3 heteroatoms. The molecule has 1 fully saturated rings. The Morgan fingerprint density at radius 3 is 2.80 bits per heavy atom. The molecule has 2 unspecified atom stereocenters. The molecule has 2 atom stereocenters. The van der Waals surface area contributed by atoms with Crippen molar-refractivity contribution < 1.29 is 4.79 Å². The molecule has 3 nitrogen and oxygen atoms in total. The van der Waals surface area contributed by atoms with E-state index < -0.39 is 0 Å². The summed E-state index contributed by atoms with van der Waals surface area (Å²) in [6.07, 6.45) is 4.14. The molecule has 0 aliphatic carbocycles. The van der Waals surface area contributed by atoms with Crippen molar-refractivity contribution in [1.29, 1.82) is 0 Å². The largest absolute Gasteiger partial charge is 0.354 e. The van der Waals surface area contributed by atoms with Crippen LogP contribution in [0.3, 0.4) is 0 Å². The summed E-state index contributed by atoms with van der Waals surface area (Å²) in [5.74, 6) is 0.119. The molecular formula is C17H26N2O. The number of hydrogen-bond acceptors (Lipinski definition) is 2. The van der Waals surface area contributed by atoms with Gasteiger partial charge in [0.2, 0.25) is 5.91 Å². The minimum atomic E-state index is 0.119. The van der Waals surface area contributed by atoms with E-state index in [-0.39, 0.29) is 5.91 Å². The first-order valence-electron chi connectivity index (χ1n) is 7.63. The van der Waals surface area contributed by atoms with Crippen LogP contribution in [0.1, 0.15) is 42.9 Å². The van der Waals surface area contributed by atoms with Crippen LogP contribution in [0.15, 0.2) is 18.2 Å². The van der Waals surface area contributed by atoms with Gasteiger partial charge in [-0.2, -0.15) is 0 Å². The molecule has 0 saturated carbocycles. The van der Waals surface area contributed by atoms with Crippen LogP contribution >= 0.6 is 0 Å². The Kier molecular flexibility index (Phi) is 5.18. The van der Waals surface area contributed by atoms with Crippen LogP contribution in [0.25, 0.3) is 0 Å². The van der Waals surface area contributed by atoms with Gasteiger partial charge in [0, 0.05) is 18.6 Å². The van der Waals surface area contributed by atoms with Gasteiger partial charge < -0.3 is 10.6 Å². The molecule has 0 bridgehead atoms. The number of amides is 1. The summed E-state index contributed by atoms with van der Waals surface area (Å²) in [5, 5.41) is 6.59. The summed E-state index contributed by atoms with van der Waals surface area (Å²) < 4.78 is 0. The number of carbonyl (C=O) groups is 1. The molecule has 110 valence electrons. The van der Waals surface area contributed by atoms with E-state index in [0.717, 1.165) is 18.5 Å².